The van der Waals surface area contributed by atoms with Crippen molar-refractivity contribution < 1.29 is 18.4 Å². The molecule has 10 heteroatoms. The van der Waals surface area contributed by atoms with Crippen LogP contribution in [0.4, 0.5) is 17.1 Å². The molecule has 2 fully saturated rings. The third-order valence-corrected chi connectivity index (χ3v) is 8.45. The van der Waals surface area contributed by atoms with Crippen LogP contribution in [-0.4, -0.2) is 57.2 Å². The van der Waals surface area contributed by atoms with Crippen LogP contribution in [0, 0.1) is 0 Å². The molecule has 2 N–H and O–H groups in total. The van der Waals surface area contributed by atoms with Crippen molar-refractivity contribution in [3.05, 3.63) is 65.7 Å². The molecule has 2 heterocycles. The van der Waals surface area contributed by atoms with Crippen molar-refractivity contribution in [3.8, 4) is 0 Å². The molecule has 8 nitrogen and oxygen atoms in total. The molecule has 0 saturated carbocycles. The third-order valence-electron chi connectivity index (χ3n) is 7.42. The molecule has 0 aromatic heterocycles. The first-order valence-electron chi connectivity index (χ1n) is 12.9. The van der Waals surface area contributed by atoms with Crippen LogP contribution < -0.4 is 14.5 Å². The normalized spacial score (nSPS) is 19.9. The highest BCUT2D eigenvalue weighted by Gasteiger charge is 2.37. The van der Waals surface area contributed by atoms with Crippen molar-refractivity contribution in [1.82, 2.24) is 4.90 Å². The molecule has 2 saturated heterocycles. The Morgan fingerprint density at radius 1 is 1.03 bits per heavy atom. The van der Waals surface area contributed by atoms with E-state index in [1.807, 2.05) is 25.1 Å². The van der Waals surface area contributed by atoms with Gasteiger partial charge in [0.1, 0.15) is 6.04 Å². The van der Waals surface area contributed by atoms with Gasteiger partial charge in [0.05, 0.1) is 11.7 Å². The highest BCUT2D eigenvalue weighted by Crippen LogP contribution is 2.31. The predicted octanol–water partition coefficient (Wildman–Crippen LogP) is 5.05. The summed E-state index contributed by atoms with van der Waals surface area (Å²) in [4.78, 5) is 30.1. The fourth-order valence-electron chi connectivity index (χ4n) is 5.32. The molecular formula is C28H31ClN4O4S. The highest BCUT2D eigenvalue weighted by molar-refractivity contribution is 7.80. The second-order valence-corrected chi connectivity index (χ2v) is 11.1. The van der Waals surface area contributed by atoms with Crippen LogP contribution in [0.3, 0.4) is 0 Å². The highest BCUT2D eigenvalue weighted by atomic mass is 35.5. The number of piperidine rings is 1. The van der Waals surface area contributed by atoms with Crippen LogP contribution in [0.1, 0.15) is 32.6 Å². The van der Waals surface area contributed by atoms with E-state index in [1.54, 1.807) is 47.4 Å². The van der Waals surface area contributed by atoms with E-state index >= 15 is 0 Å². The van der Waals surface area contributed by atoms with Crippen LogP contribution in [0.25, 0.3) is 10.8 Å². The van der Waals surface area contributed by atoms with Crippen LogP contribution in [0.5, 0.6) is 0 Å². The molecule has 200 valence electrons. The average molecular weight is 555 g/mol. The van der Waals surface area contributed by atoms with Gasteiger partial charge in [-0.1, -0.05) is 23.7 Å². The molecule has 3 aromatic rings. The minimum atomic E-state index is -2.40. The lowest BCUT2D eigenvalue weighted by Crippen LogP contribution is -2.53. The van der Waals surface area contributed by atoms with Crippen molar-refractivity contribution in [2.45, 2.75) is 44.7 Å². The molecule has 5 rings (SSSR count). The van der Waals surface area contributed by atoms with Gasteiger partial charge in [-0.15, -0.1) is 0 Å². The summed E-state index contributed by atoms with van der Waals surface area (Å²) in [6.07, 6.45) is 3.38. The zero-order valence-electron chi connectivity index (χ0n) is 21.2. The van der Waals surface area contributed by atoms with Crippen LogP contribution in [-0.2, 0) is 20.9 Å². The minimum Gasteiger partial charge on any atom is -0.325 e. The molecule has 3 atom stereocenters. The summed E-state index contributed by atoms with van der Waals surface area (Å²) in [5.41, 5.74) is 1.84. The zero-order chi connectivity index (χ0) is 26.8. The molecule has 0 radical (unpaired) electrons. The number of fused-ring (bicyclic) bond motifs is 1. The lowest BCUT2D eigenvalue weighted by Gasteiger charge is -2.37. The number of amides is 2. The first kappa shape index (κ1) is 26.6. The van der Waals surface area contributed by atoms with Gasteiger partial charge >= 0.3 is 0 Å². The summed E-state index contributed by atoms with van der Waals surface area (Å²) < 4.78 is 24.0. The first-order valence-corrected chi connectivity index (χ1v) is 14.3. The van der Waals surface area contributed by atoms with Gasteiger partial charge in [0.25, 0.3) is 17.2 Å². The summed E-state index contributed by atoms with van der Waals surface area (Å²) in [6, 6.07) is 17.0. The number of benzene rings is 3. The van der Waals surface area contributed by atoms with Gasteiger partial charge in [-0.05, 0) is 105 Å². The van der Waals surface area contributed by atoms with Crippen molar-refractivity contribution in [2.75, 3.05) is 34.2 Å². The fraction of sp³-hybridized carbons (Fsp3) is 0.357. The fourth-order valence-corrected chi connectivity index (χ4v) is 6.20. The Morgan fingerprint density at radius 3 is 2.42 bits per heavy atom. The van der Waals surface area contributed by atoms with Crippen molar-refractivity contribution in [3.63, 3.8) is 0 Å². The number of carbonyl (C=O) groups is 2. The molecule has 0 aliphatic carbocycles. The Hall–Kier alpha value is -2.98. The van der Waals surface area contributed by atoms with Gasteiger partial charge in [-0.2, -0.15) is 0 Å². The van der Waals surface area contributed by atoms with E-state index in [0.717, 1.165) is 36.7 Å². The van der Waals surface area contributed by atoms with E-state index in [9.17, 15) is 18.4 Å². The molecule has 2 amide bonds. The zero-order valence-corrected chi connectivity index (χ0v) is 22.8. The van der Waals surface area contributed by atoms with Gasteiger partial charge in [0, 0.05) is 22.9 Å². The Balaban J connectivity index is 1.32. The van der Waals surface area contributed by atoms with E-state index < -0.39 is 17.3 Å². The van der Waals surface area contributed by atoms with Gasteiger partial charge in [0.2, 0.25) is 5.91 Å². The summed E-state index contributed by atoms with van der Waals surface area (Å²) in [5.74, 6) is -0.290. The number of hydrogen-bond donors (Lipinski definition) is 2. The minimum absolute atomic E-state index is 0.0486. The maximum absolute atomic E-state index is 13.6. The number of nitrogens with one attached hydrogen (secondary N) is 1. The predicted molar refractivity (Wildman–Crippen MR) is 153 cm³/mol. The molecule has 38 heavy (non-hydrogen) atoms. The monoisotopic (exact) mass is 554 g/mol. The molecule has 0 bridgehead atoms. The molecule has 3 aromatic carbocycles. The number of nitrogens with zero attached hydrogens (tertiary/aromatic N) is 3. The maximum Gasteiger partial charge on any atom is 0.262 e. The smallest absolute Gasteiger partial charge is 0.262 e. The van der Waals surface area contributed by atoms with Crippen LogP contribution >= 0.6 is 11.6 Å². The SMILES string of the molecule is CC(C(=O)Nc1ccc(N2CCCC(N(c3ccc4cc(Cl)ccc4c3)S(=O)O)C2=O)cc1)N1CCCC1. The number of likely N-dealkylation sites (tertiary alicyclic amines) is 1. The lowest BCUT2D eigenvalue weighted by molar-refractivity contribution is -0.121. The van der Waals surface area contributed by atoms with Crippen molar-refractivity contribution in [1.29, 1.82) is 0 Å². The lowest BCUT2D eigenvalue weighted by atomic mass is 10.0. The summed E-state index contributed by atoms with van der Waals surface area (Å²) in [7, 11) is 0. The third kappa shape index (κ3) is 5.56. The Labute approximate surface area is 230 Å². The van der Waals surface area contributed by atoms with Gasteiger partial charge in [0.15, 0.2) is 0 Å². The second kappa shape index (κ2) is 11.4. The summed E-state index contributed by atoms with van der Waals surface area (Å²) >= 11 is 3.69. The van der Waals surface area contributed by atoms with Gasteiger partial charge in [-0.25, -0.2) is 4.21 Å². The van der Waals surface area contributed by atoms with E-state index in [2.05, 4.69) is 10.2 Å². The van der Waals surface area contributed by atoms with Crippen molar-refractivity contribution in [2.24, 2.45) is 0 Å². The number of halogens is 1. The van der Waals surface area contributed by atoms with Gasteiger partial charge in [-0.3, -0.25) is 23.3 Å². The Kier molecular flexibility index (Phi) is 7.99. The maximum atomic E-state index is 13.6. The quantitative estimate of drug-likeness (QED) is 0.398. The van der Waals surface area contributed by atoms with E-state index in [4.69, 9.17) is 11.6 Å². The number of anilines is 3. The van der Waals surface area contributed by atoms with Crippen molar-refractivity contribution >= 4 is 62.5 Å². The first-order chi connectivity index (χ1) is 18.3. The standard InChI is InChI=1S/C28H31ClN4O4S/c1-19(31-14-2-3-15-31)27(34)30-23-9-12-24(13-10-23)32-16-4-5-26(28(32)35)33(38(36)37)25-11-7-20-17-22(29)8-6-21(20)18-25/h6-13,17-19,26H,2-5,14-16H2,1H3,(H,30,34)(H,36,37). The molecule has 0 spiro atoms. The number of carbonyl (C=O) groups excluding carboxylic acids is 2. The van der Waals surface area contributed by atoms with Crippen LogP contribution in [0.2, 0.25) is 5.02 Å². The second-order valence-electron chi connectivity index (χ2n) is 9.84. The molecular weight excluding hydrogens is 524 g/mol. The van der Waals surface area contributed by atoms with E-state index in [1.165, 1.54) is 4.31 Å². The Bertz CT molecular complexity index is 1360. The van der Waals surface area contributed by atoms with Crippen LogP contribution in [0.15, 0.2) is 60.7 Å². The van der Waals surface area contributed by atoms with Gasteiger partial charge < -0.3 is 10.2 Å². The average Bonchev–Trinajstić information content (AvgIpc) is 3.45. The Morgan fingerprint density at radius 2 is 1.71 bits per heavy atom. The molecule has 3 unspecified atom stereocenters. The topological polar surface area (TPSA) is 93.2 Å². The number of rotatable bonds is 7. The van der Waals surface area contributed by atoms with E-state index in [0.29, 0.717) is 41.5 Å². The van der Waals surface area contributed by atoms with E-state index in [-0.39, 0.29) is 17.9 Å². The summed E-state index contributed by atoms with van der Waals surface area (Å²) in [6.45, 7) is 4.31. The molecule has 2 aliphatic rings. The largest absolute Gasteiger partial charge is 0.325 e. The number of hydrogen-bond acceptors (Lipinski definition) is 4. The molecule has 2 aliphatic heterocycles. The summed E-state index contributed by atoms with van der Waals surface area (Å²) in [5, 5.41) is 5.34.